The number of carbonyl (C=O) groups is 2. The minimum Gasteiger partial charge on any atom is -0.490 e. The topological polar surface area (TPSA) is 103 Å². The van der Waals surface area contributed by atoms with Crippen molar-refractivity contribution in [1.29, 1.82) is 0 Å². The van der Waals surface area contributed by atoms with E-state index in [0.29, 0.717) is 30.7 Å². The number of fused-ring (bicyclic) bond motifs is 2. The zero-order valence-corrected chi connectivity index (χ0v) is 21.7. The van der Waals surface area contributed by atoms with Gasteiger partial charge in [-0.05, 0) is 79.6 Å². The number of aliphatic hydroxyl groups excluding tert-OH is 1. The Hall–Kier alpha value is -4.10. The molecule has 7 nitrogen and oxygen atoms in total. The number of ether oxygens (including phenoxy) is 1. The van der Waals surface area contributed by atoms with Crippen LogP contribution in [0.3, 0.4) is 0 Å². The van der Waals surface area contributed by atoms with E-state index in [1.807, 2.05) is 74.6 Å². The molecule has 196 valence electrons. The van der Waals surface area contributed by atoms with E-state index in [-0.39, 0.29) is 24.5 Å². The third kappa shape index (κ3) is 5.58. The van der Waals surface area contributed by atoms with Gasteiger partial charge in [-0.25, -0.2) is 0 Å². The highest BCUT2D eigenvalue weighted by Gasteiger charge is 2.21. The van der Waals surface area contributed by atoms with Gasteiger partial charge in [-0.1, -0.05) is 36.4 Å². The molecule has 1 aliphatic heterocycles. The summed E-state index contributed by atoms with van der Waals surface area (Å²) in [4.78, 5) is 28.8. The van der Waals surface area contributed by atoms with E-state index in [4.69, 9.17) is 4.74 Å². The van der Waals surface area contributed by atoms with Crippen LogP contribution in [0.25, 0.3) is 10.9 Å². The Balaban J connectivity index is 1.37. The maximum absolute atomic E-state index is 13.5. The smallest absolute Gasteiger partial charge is 0.255 e. The second kappa shape index (κ2) is 11.1. The fourth-order valence-electron chi connectivity index (χ4n) is 5.04. The fourth-order valence-corrected chi connectivity index (χ4v) is 5.04. The van der Waals surface area contributed by atoms with Crippen molar-refractivity contribution in [2.24, 2.45) is 0 Å². The summed E-state index contributed by atoms with van der Waals surface area (Å²) in [6, 6.07) is 19.1. The predicted octanol–water partition coefficient (Wildman–Crippen LogP) is 4.17. The van der Waals surface area contributed by atoms with Gasteiger partial charge in [0.15, 0.2) is 0 Å². The summed E-state index contributed by atoms with van der Waals surface area (Å²) in [5, 5.41) is 17.0. The molecular formula is C31H33N3O4. The molecule has 0 aliphatic carbocycles. The van der Waals surface area contributed by atoms with Crippen molar-refractivity contribution < 1.29 is 19.4 Å². The van der Waals surface area contributed by atoms with Gasteiger partial charge in [0.05, 0.1) is 24.3 Å². The van der Waals surface area contributed by atoms with Gasteiger partial charge >= 0.3 is 0 Å². The minimum atomic E-state index is -0.455. The van der Waals surface area contributed by atoms with Crippen LogP contribution in [0, 0.1) is 0 Å². The molecule has 1 aromatic heterocycles. The molecule has 5 rings (SSSR count). The van der Waals surface area contributed by atoms with Gasteiger partial charge in [-0.2, -0.15) is 0 Å². The number of para-hydroxylation sites is 1. The van der Waals surface area contributed by atoms with Crippen molar-refractivity contribution in [3.8, 4) is 5.75 Å². The number of aromatic nitrogens is 1. The molecule has 0 saturated carbocycles. The highest BCUT2D eigenvalue weighted by Crippen LogP contribution is 2.25. The van der Waals surface area contributed by atoms with E-state index < -0.39 is 6.04 Å². The summed E-state index contributed by atoms with van der Waals surface area (Å²) in [5.41, 5.74) is 6.31. The van der Waals surface area contributed by atoms with Crippen LogP contribution in [-0.2, 0) is 19.3 Å². The molecule has 2 heterocycles. The molecular weight excluding hydrogens is 478 g/mol. The van der Waals surface area contributed by atoms with Crippen LogP contribution >= 0.6 is 0 Å². The quantitative estimate of drug-likeness (QED) is 0.271. The second-order valence-corrected chi connectivity index (χ2v) is 10.1. The maximum Gasteiger partial charge on any atom is 0.255 e. The lowest BCUT2D eigenvalue weighted by molar-refractivity contribution is 0.0908. The standard InChI is InChI=1S/C31H33N3O4/c1-19(2)38-29-10-8-21(13-20-7-9-26-22(14-20)11-12-32-30(26)36)15-27(29)31(37)34-24(18-35)16-23-17-33-28-6-4-3-5-25(23)28/h3-10,14-15,17,19,24,33,35H,11-13,16,18H2,1-2H3,(H,32,36)(H,34,37)/t24-/m1/s1. The van der Waals surface area contributed by atoms with Gasteiger partial charge in [0.2, 0.25) is 0 Å². The highest BCUT2D eigenvalue weighted by atomic mass is 16.5. The van der Waals surface area contributed by atoms with E-state index >= 15 is 0 Å². The van der Waals surface area contributed by atoms with Crippen LogP contribution in [0.1, 0.15) is 56.8 Å². The van der Waals surface area contributed by atoms with E-state index in [2.05, 4.69) is 21.7 Å². The van der Waals surface area contributed by atoms with Crippen LogP contribution < -0.4 is 15.4 Å². The number of H-pyrrole nitrogens is 1. The van der Waals surface area contributed by atoms with Gasteiger partial charge in [0, 0.05) is 29.2 Å². The molecule has 1 atom stereocenters. The van der Waals surface area contributed by atoms with Crippen LogP contribution in [0.15, 0.2) is 66.9 Å². The average molecular weight is 512 g/mol. The van der Waals surface area contributed by atoms with Crippen molar-refractivity contribution in [3.05, 3.63) is 100 Å². The zero-order valence-electron chi connectivity index (χ0n) is 21.7. The van der Waals surface area contributed by atoms with Crippen LogP contribution in [0.4, 0.5) is 0 Å². The number of nitrogens with one attached hydrogen (secondary N) is 3. The fraction of sp³-hybridized carbons (Fsp3) is 0.290. The number of hydrogen-bond acceptors (Lipinski definition) is 4. The van der Waals surface area contributed by atoms with E-state index in [1.165, 1.54) is 0 Å². The molecule has 2 amide bonds. The van der Waals surface area contributed by atoms with Gasteiger partial charge in [0.1, 0.15) is 5.75 Å². The summed E-state index contributed by atoms with van der Waals surface area (Å²) < 4.78 is 5.96. The Kier molecular flexibility index (Phi) is 7.47. The molecule has 4 aromatic rings. The SMILES string of the molecule is CC(C)Oc1ccc(Cc2ccc3c(c2)CCNC3=O)cc1C(=O)N[C@@H](CO)Cc1c[nH]c2ccccc12. The van der Waals surface area contributed by atoms with Crippen LogP contribution in [-0.4, -0.2) is 47.2 Å². The lowest BCUT2D eigenvalue weighted by atomic mass is 9.94. The first kappa shape index (κ1) is 25.5. The molecule has 0 saturated heterocycles. The van der Waals surface area contributed by atoms with Crippen molar-refractivity contribution in [2.45, 2.75) is 45.3 Å². The third-order valence-electron chi connectivity index (χ3n) is 6.85. The first-order valence-electron chi connectivity index (χ1n) is 13.1. The van der Waals surface area contributed by atoms with Gasteiger partial charge in [-0.15, -0.1) is 0 Å². The van der Waals surface area contributed by atoms with Gasteiger partial charge in [0.25, 0.3) is 11.8 Å². The summed E-state index contributed by atoms with van der Waals surface area (Å²) in [6.45, 7) is 4.30. The van der Waals surface area contributed by atoms with E-state index in [1.54, 1.807) is 0 Å². The second-order valence-electron chi connectivity index (χ2n) is 10.1. The minimum absolute atomic E-state index is 0.0296. The molecule has 0 spiro atoms. The number of hydrogen-bond donors (Lipinski definition) is 4. The number of aromatic amines is 1. The van der Waals surface area contributed by atoms with Gasteiger partial charge in [-0.3, -0.25) is 9.59 Å². The molecule has 38 heavy (non-hydrogen) atoms. The highest BCUT2D eigenvalue weighted by molar-refractivity contribution is 5.98. The Bertz CT molecular complexity index is 1470. The zero-order chi connectivity index (χ0) is 26.6. The number of rotatable bonds is 9. The molecule has 7 heteroatoms. The first-order valence-corrected chi connectivity index (χ1v) is 13.1. The summed E-state index contributed by atoms with van der Waals surface area (Å²) in [6.07, 6.45) is 3.75. The number of carbonyl (C=O) groups excluding carboxylic acids is 2. The predicted molar refractivity (Wildman–Crippen MR) is 148 cm³/mol. The van der Waals surface area contributed by atoms with Gasteiger partial charge < -0.3 is 25.5 Å². The van der Waals surface area contributed by atoms with E-state index in [9.17, 15) is 14.7 Å². The third-order valence-corrected chi connectivity index (χ3v) is 6.85. The summed E-state index contributed by atoms with van der Waals surface area (Å²) in [5.74, 6) is 0.189. The largest absolute Gasteiger partial charge is 0.490 e. The monoisotopic (exact) mass is 511 g/mol. The summed E-state index contributed by atoms with van der Waals surface area (Å²) in [7, 11) is 0. The lowest BCUT2D eigenvalue weighted by Gasteiger charge is -2.20. The Labute approximate surface area is 222 Å². The van der Waals surface area contributed by atoms with Crippen molar-refractivity contribution in [2.75, 3.05) is 13.2 Å². The molecule has 4 N–H and O–H groups in total. The average Bonchev–Trinajstić information content (AvgIpc) is 3.31. The Morgan fingerprint density at radius 2 is 1.87 bits per heavy atom. The first-order chi connectivity index (χ1) is 18.4. The lowest BCUT2D eigenvalue weighted by Crippen LogP contribution is -2.39. The normalized spacial score (nSPS) is 13.7. The molecule has 0 radical (unpaired) electrons. The Morgan fingerprint density at radius 3 is 2.68 bits per heavy atom. The molecule has 0 bridgehead atoms. The number of benzene rings is 3. The molecule has 3 aromatic carbocycles. The van der Waals surface area contributed by atoms with Crippen molar-refractivity contribution >= 4 is 22.7 Å². The van der Waals surface area contributed by atoms with Crippen molar-refractivity contribution in [1.82, 2.24) is 15.6 Å². The van der Waals surface area contributed by atoms with Crippen molar-refractivity contribution in [3.63, 3.8) is 0 Å². The number of amides is 2. The molecule has 0 fully saturated rings. The van der Waals surface area contributed by atoms with E-state index in [0.717, 1.165) is 45.1 Å². The Morgan fingerprint density at radius 1 is 1.08 bits per heavy atom. The maximum atomic E-state index is 13.5. The van der Waals surface area contributed by atoms with Crippen LogP contribution in [0.2, 0.25) is 0 Å². The molecule has 1 aliphatic rings. The number of aliphatic hydroxyl groups is 1. The van der Waals surface area contributed by atoms with Crippen LogP contribution in [0.5, 0.6) is 5.75 Å². The molecule has 0 unspecified atom stereocenters. The summed E-state index contributed by atoms with van der Waals surface area (Å²) >= 11 is 0.